The van der Waals surface area contributed by atoms with E-state index in [0.29, 0.717) is 18.7 Å². The Kier molecular flexibility index (Phi) is 3.87. The van der Waals surface area contributed by atoms with Gasteiger partial charge in [0.2, 0.25) is 0 Å². The molecule has 1 aliphatic heterocycles. The molecule has 1 amide bonds. The summed E-state index contributed by atoms with van der Waals surface area (Å²) in [6.45, 7) is 0.668. The number of nitrogens with zero attached hydrogens (tertiary/aromatic N) is 1. The predicted molar refractivity (Wildman–Crippen MR) is 93.8 cm³/mol. The lowest BCUT2D eigenvalue weighted by atomic mass is 10.0. The van der Waals surface area contributed by atoms with Gasteiger partial charge < -0.3 is 9.88 Å². The van der Waals surface area contributed by atoms with Crippen molar-refractivity contribution in [2.24, 2.45) is 0 Å². The van der Waals surface area contributed by atoms with Gasteiger partial charge in [0.1, 0.15) is 0 Å². The van der Waals surface area contributed by atoms with Gasteiger partial charge in [0.15, 0.2) is 9.84 Å². The maximum atomic E-state index is 12.7. The molecule has 24 heavy (non-hydrogen) atoms. The van der Waals surface area contributed by atoms with Crippen molar-refractivity contribution in [1.29, 1.82) is 0 Å². The summed E-state index contributed by atoms with van der Waals surface area (Å²) in [6, 6.07) is 7.51. The van der Waals surface area contributed by atoms with Crippen molar-refractivity contribution in [2.45, 2.75) is 42.6 Å². The molecule has 1 saturated heterocycles. The first kappa shape index (κ1) is 15.7. The van der Waals surface area contributed by atoms with E-state index in [4.69, 9.17) is 0 Å². The van der Waals surface area contributed by atoms with Crippen molar-refractivity contribution in [2.75, 3.05) is 13.1 Å². The van der Waals surface area contributed by atoms with E-state index in [2.05, 4.69) is 4.98 Å². The number of hydrogen-bond acceptors (Lipinski definition) is 3. The second kappa shape index (κ2) is 5.92. The molecule has 1 aromatic carbocycles. The van der Waals surface area contributed by atoms with Crippen LogP contribution in [-0.2, 0) is 9.84 Å². The van der Waals surface area contributed by atoms with E-state index in [1.807, 2.05) is 30.5 Å². The van der Waals surface area contributed by atoms with Gasteiger partial charge in [0.05, 0.1) is 10.5 Å². The summed E-state index contributed by atoms with van der Waals surface area (Å²) in [6.07, 6.45) is 6.58. The number of aromatic nitrogens is 1. The monoisotopic (exact) mass is 346 g/mol. The van der Waals surface area contributed by atoms with Gasteiger partial charge in [-0.2, -0.15) is 0 Å². The number of likely N-dealkylation sites (tertiary alicyclic amines) is 1. The summed E-state index contributed by atoms with van der Waals surface area (Å²) in [5, 5.41) is 0.496. The SMILES string of the molecule is O=C(c1ccc2cc[nH]c2c1)N1CC(S(=O)(=O)C2CCCCC2)C1. The largest absolute Gasteiger partial charge is 0.361 e. The Morgan fingerprint density at radius 1 is 1.04 bits per heavy atom. The van der Waals surface area contributed by atoms with Crippen LogP contribution >= 0.6 is 0 Å². The second-order valence-electron chi connectivity index (χ2n) is 6.96. The first-order valence-corrected chi connectivity index (χ1v) is 10.3. The summed E-state index contributed by atoms with van der Waals surface area (Å²) >= 11 is 0. The number of amides is 1. The van der Waals surface area contributed by atoms with E-state index in [1.165, 1.54) is 0 Å². The van der Waals surface area contributed by atoms with Crippen molar-refractivity contribution < 1.29 is 13.2 Å². The Morgan fingerprint density at radius 2 is 1.79 bits per heavy atom. The third kappa shape index (κ3) is 2.62. The van der Waals surface area contributed by atoms with Crippen LogP contribution in [-0.4, -0.2) is 47.8 Å². The van der Waals surface area contributed by atoms with Crippen LogP contribution in [0.3, 0.4) is 0 Å². The van der Waals surface area contributed by atoms with Gasteiger partial charge in [0.25, 0.3) is 5.91 Å². The third-order valence-corrected chi connectivity index (χ3v) is 8.05. The summed E-state index contributed by atoms with van der Waals surface area (Å²) < 4.78 is 25.3. The molecular formula is C18H22N2O3S. The highest BCUT2D eigenvalue weighted by Crippen LogP contribution is 2.30. The normalized spacial score (nSPS) is 20.2. The molecule has 128 valence electrons. The van der Waals surface area contributed by atoms with Crippen LogP contribution in [0, 0.1) is 0 Å². The van der Waals surface area contributed by atoms with E-state index >= 15 is 0 Å². The zero-order chi connectivity index (χ0) is 16.7. The minimum absolute atomic E-state index is 0.0819. The Hall–Kier alpha value is -1.82. The van der Waals surface area contributed by atoms with Crippen molar-refractivity contribution in [3.8, 4) is 0 Å². The number of benzene rings is 1. The van der Waals surface area contributed by atoms with E-state index < -0.39 is 9.84 Å². The van der Waals surface area contributed by atoms with Crippen LogP contribution in [0.5, 0.6) is 0 Å². The molecule has 6 heteroatoms. The van der Waals surface area contributed by atoms with Crippen molar-refractivity contribution in [3.05, 3.63) is 36.0 Å². The molecule has 1 aliphatic carbocycles. The average Bonchev–Trinajstić information content (AvgIpc) is 3.01. The topological polar surface area (TPSA) is 70.2 Å². The smallest absolute Gasteiger partial charge is 0.254 e. The van der Waals surface area contributed by atoms with Crippen molar-refractivity contribution in [1.82, 2.24) is 9.88 Å². The van der Waals surface area contributed by atoms with Crippen LogP contribution < -0.4 is 0 Å². The zero-order valence-electron chi connectivity index (χ0n) is 13.6. The fourth-order valence-electron chi connectivity index (χ4n) is 3.84. The van der Waals surface area contributed by atoms with Gasteiger partial charge in [-0.1, -0.05) is 25.3 Å². The Bertz CT molecular complexity index is 859. The lowest BCUT2D eigenvalue weighted by molar-refractivity contribution is 0.0658. The number of hydrogen-bond donors (Lipinski definition) is 1. The molecule has 5 nitrogen and oxygen atoms in total. The summed E-state index contributed by atoms with van der Waals surface area (Å²) in [7, 11) is -3.10. The van der Waals surface area contributed by atoms with Gasteiger partial charge in [-0.15, -0.1) is 0 Å². The molecule has 1 aromatic heterocycles. The molecule has 0 unspecified atom stereocenters. The molecule has 1 saturated carbocycles. The molecule has 1 N–H and O–H groups in total. The van der Waals surface area contributed by atoms with Crippen LogP contribution in [0.15, 0.2) is 30.5 Å². The van der Waals surface area contributed by atoms with E-state index in [1.54, 1.807) is 4.90 Å². The number of nitrogens with one attached hydrogen (secondary N) is 1. The van der Waals surface area contributed by atoms with Gasteiger partial charge in [0, 0.05) is 30.4 Å². The second-order valence-corrected chi connectivity index (χ2v) is 9.47. The molecule has 0 bridgehead atoms. The highest BCUT2D eigenvalue weighted by molar-refractivity contribution is 7.92. The standard InChI is InChI=1S/C18H22N2O3S/c21-18(14-7-6-13-8-9-19-17(13)10-14)20-11-16(12-20)24(22,23)15-4-2-1-3-5-15/h6-10,15-16,19H,1-5,11-12H2. The quantitative estimate of drug-likeness (QED) is 0.929. The Morgan fingerprint density at radius 3 is 2.54 bits per heavy atom. The number of rotatable bonds is 3. The molecule has 2 heterocycles. The molecule has 0 radical (unpaired) electrons. The first-order chi connectivity index (χ1) is 11.6. The Balaban J connectivity index is 1.43. The van der Waals surface area contributed by atoms with Gasteiger partial charge in [-0.25, -0.2) is 8.42 Å². The molecule has 4 rings (SSSR count). The van der Waals surface area contributed by atoms with Crippen molar-refractivity contribution >= 4 is 26.6 Å². The molecule has 2 fully saturated rings. The molecule has 0 atom stereocenters. The molecular weight excluding hydrogens is 324 g/mol. The van der Waals surface area contributed by atoms with Gasteiger partial charge in [-0.05, 0) is 36.4 Å². The number of carbonyl (C=O) groups excluding carboxylic acids is 1. The lowest BCUT2D eigenvalue weighted by Gasteiger charge is -2.40. The lowest BCUT2D eigenvalue weighted by Crippen LogP contribution is -2.58. The zero-order valence-corrected chi connectivity index (χ0v) is 14.4. The summed E-state index contributed by atoms with van der Waals surface area (Å²) in [4.78, 5) is 17.3. The van der Waals surface area contributed by atoms with Crippen molar-refractivity contribution in [3.63, 3.8) is 0 Å². The number of carbonyl (C=O) groups is 1. The third-order valence-electron chi connectivity index (χ3n) is 5.42. The highest BCUT2D eigenvalue weighted by Gasteiger charge is 2.43. The average molecular weight is 346 g/mol. The van der Waals surface area contributed by atoms with Crippen LogP contribution in [0.2, 0.25) is 0 Å². The predicted octanol–water partition coefficient (Wildman–Crippen LogP) is 2.74. The number of sulfone groups is 1. The van der Waals surface area contributed by atoms with Gasteiger partial charge >= 0.3 is 0 Å². The van der Waals surface area contributed by atoms with E-state index in [0.717, 1.165) is 43.0 Å². The van der Waals surface area contributed by atoms with Crippen LogP contribution in [0.4, 0.5) is 0 Å². The molecule has 2 aliphatic rings. The maximum Gasteiger partial charge on any atom is 0.254 e. The summed E-state index contributed by atoms with van der Waals surface area (Å²) in [5.74, 6) is -0.0819. The number of fused-ring (bicyclic) bond motifs is 1. The fourth-order valence-corrected chi connectivity index (χ4v) is 6.15. The van der Waals surface area contributed by atoms with Gasteiger partial charge in [-0.3, -0.25) is 4.79 Å². The fraction of sp³-hybridized carbons (Fsp3) is 0.500. The van der Waals surface area contributed by atoms with E-state index in [-0.39, 0.29) is 16.4 Å². The van der Waals surface area contributed by atoms with E-state index in [9.17, 15) is 13.2 Å². The minimum atomic E-state index is -3.10. The van der Waals surface area contributed by atoms with Crippen LogP contribution in [0.1, 0.15) is 42.5 Å². The maximum absolute atomic E-state index is 12.7. The first-order valence-electron chi connectivity index (χ1n) is 8.65. The number of aromatic amines is 1. The van der Waals surface area contributed by atoms with Crippen LogP contribution in [0.25, 0.3) is 10.9 Å². The molecule has 0 spiro atoms. The Labute approximate surface area is 142 Å². The number of H-pyrrole nitrogens is 1. The highest BCUT2D eigenvalue weighted by atomic mass is 32.2. The summed E-state index contributed by atoms with van der Waals surface area (Å²) in [5.41, 5.74) is 1.53. The minimum Gasteiger partial charge on any atom is -0.361 e. The molecule has 2 aromatic rings.